The molecule has 0 spiro atoms. The van der Waals surface area contributed by atoms with E-state index in [0.717, 1.165) is 46.6 Å². The Kier molecular flexibility index (Phi) is 6.87. The van der Waals surface area contributed by atoms with Crippen molar-refractivity contribution in [2.24, 2.45) is 0 Å². The van der Waals surface area contributed by atoms with Gasteiger partial charge in [0.15, 0.2) is 6.79 Å². The molecule has 1 aliphatic rings. The van der Waals surface area contributed by atoms with Gasteiger partial charge in [0.2, 0.25) is 0 Å². The normalized spacial score (nSPS) is 13.2. The molecule has 3 rings (SSSR count). The summed E-state index contributed by atoms with van der Waals surface area (Å²) in [4.78, 5) is 11.1. The zero-order valence-corrected chi connectivity index (χ0v) is 16.0. The highest BCUT2D eigenvalue weighted by molar-refractivity contribution is 5.84. The van der Waals surface area contributed by atoms with E-state index in [4.69, 9.17) is 18.9 Å². The molecule has 1 heterocycles. The van der Waals surface area contributed by atoms with Crippen LogP contribution in [0, 0.1) is 0 Å². The molecule has 5 heteroatoms. The largest absolute Gasteiger partial charge is 0.497 e. The van der Waals surface area contributed by atoms with Crippen LogP contribution in [0.4, 0.5) is 0 Å². The van der Waals surface area contributed by atoms with Crippen molar-refractivity contribution in [3.8, 4) is 11.5 Å². The van der Waals surface area contributed by atoms with Gasteiger partial charge >= 0.3 is 5.97 Å². The number of hydrogen-bond donors (Lipinski definition) is 0. The Bertz CT molecular complexity index is 852. The quantitative estimate of drug-likeness (QED) is 0.408. The second-order valence-electron chi connectivity index (χ2n) is 6.36. The Morgan fingerprint density at radius 2 is 2.04 bits per heavy atom. The summed E-state index contributed by atoms with van der Waals surface area (Å²) in [5.41, 5.74) is 4.29. The molecule has 0 aliphatic carbocycles. The fraction of sp³-hybridized carbons (Fsp3) is 0.261. The molecule has 0 saturated carbocycles. The van der Waals surface area contributed by atoms with Gasteiger partial charge in [-0.1, -0.05) is 30.8 Å². The Morgan fingerprint density at radius 3 is 2.79 bits per heavy atom. The standard InChI is InChI=1S/C23H24O5/c1-3-23(24)27-12-4-5-17-6-7-19-14-20(15-26-16-28-22(19)13-17)18-8-10-21(25-2)11-9-18/h3,6-11,13-14H,1,4-5,12,15-16H2,2H3. The van der Waals surface area contributed by atoms with Gasteiger partial charge in [0.25, 0.3) is 0 Å². The number of methoxy groups -OCH3 is 1. The molecule has 146 valence electrons. The summed E-state index contributed by atoms with van der Waals surface area (Å²) in [6.07, 6.45) is 4.79. The lowest BCUT2D eigenvalue weighted by atomic mass is 10.0. The minimum atomic E-state index is -0.394. The van der Waals surface area contributed by atoms with Crippen LogP contribution in [-0.2, 0) is 20.7 Å². The molecule has 0 aromatic heterocycles. The van der Waals surface area contributed by atoms with E-state index >= 15 is 0 Å². The predicted molar refractivity (Wildman–Crippen MR) is 108 cm³/mol. The van der Waals surface area contributed by atoms with Crippen LogP contribution in [0.15, 0.2) is 55.1 Å². The molecule has 28 heavy (non-hydrogen) atoms. The van der Waals surface area contributed by atoms with Gasteiger partial charge in [0.05, 0.1) is 20.3 Å². The molecule has 2 aromatic rings. The van der Waals surface area contributed by atoms with Gasteiger partial charge in [0.1, 0.15) is 11.5 Å². The van der Waals surface area contributed by atoms with Crippen LogP contribution in [0.2, 0.25) is 0 Å². The van der Waals surface area contributed by atoms with Crippen molar-refractivity contribution in [3.05, 3.63) is 71.8 Å². The Balaban J connectivity index is 1.73. The summed E-state index contributed by atoms with van der Waals surface area (Å²) in [6, 6.07) is 14.1. The summed E-state index contributed by atoms with van der Waals surface area (Å²) in [7, 11) is 1.65. The first-order chi connectivity index (χ1) is 13.7. The van der Waals surface area contributed by atoms with Gasteiger partial charge in [-0.3, -0.25) is 0 Å². The van der Waals surface area contributed by atoms with E-state index in [-0.39, 0.29) is 6.79 Å². The van der Waals surface area contributed by atoms with Crippen molar-refractivity contribution in [1.29, 1.82) is 0 Å². The maximum absolute atomic E-state index is 11.1. The third-order valence-corrected chi connectivity index (χ3v) is 4.44. The van der Waals surface area contributed by atoms with Gasteiger partial charge in [-0.15, -0.1) is 0 Å². The van der Waals surface area contributed by atoms with Crippen LogP contribution in [0.1, 0.15) is 23.1 Å². The zero-order chi connectivity index (χ0) is 19.8. The number of benzene rings is 2. The second-order valence-corrected chi connectivity index (χ2v) is 6.36. The molecule has 0 amide bonds. The average molecular weight is 380 g/mol. The molecule has 0 radical (unpaired) electrons. The molecule has 0 fully saturated rings. The van der Waals surface area contributed by atoms with Crippen LogP contribution in [0.3, 0.4) is 0 Å². The zero-order valence-electron chi connectivity index (χ0n) is 16.0. The predicted octanol–water partition coefficient (Wildman–Crippen LogP) is 4.26. The van der Waals surface area contributed by atoms with Gasteiger partial charge in [-0.25, -0.2) is 4.79 Å². The first kappa shape index (κ1) is 19.7. The van der Waals surface area contributed by atoms with Crippen molar-refractivity contribution in [1.82, 2.24) is 0 Å². The Labute approximate surface area is 165 Å². The number of fused-ring (bicyclic) bond motifs is 1. The highest BCUT2D eigenvalue weighted by Gasteiger charge is 2.11. The lowest BCUT2D eigenvalue weighted by molar-refractivity contribution is -0.137. The van der Waals surface area contributed by atoms with Crippen molar-refractivity contribution in [2.75, 3.05) is 27.1 Å². The van der Waals surface area contributed by atoms with Crippen molar-refractivity contribution in [2.45, 2.75) is 12.8 Å². The Hall–Kier alpha value is -3.05. The molecule has 0 atom stereocenters. The van der Waals surface area contributed by atoms with Gasteiger partial charge in [-0.05, 0) is 53.8 Å². The number of esters is 1. The smallest absolute Gasteiger partial charge is 0.330 e. The third-order valence-electron chi connectivity index (χ3n) is 4.44. The van der Waals surface area contributed by atoms with Crippen LogP contribution in [0.25, 0.3) is 11.6 Å². The maximum Gasteiger partial charge on any atom is 0.330 e. The monoisotopic (exact) mass is 380 g/mol. The summed E-state index contributed by atoms with van der Waals surface area (Å²) in [5.74, 6) is 1.21. The number of hydrogen-bond acceptors (Lipinski definition) is 5. The number of carbonyl (C=O) groups is 1. The molecule has 0 bridgehead atoms. The van der Waals surface area contributed by atoms with Gasteiger partial charge in [0, 0.05) is 11.6 Å². The van der Waals surface area contributed by atoms with Crippen LogP contribution < -0.4 is 9.47 Å². The SMILES string of the molecule is C=CC(=O)OCCCc1ccc2c(c1)OCOCC(c1ccc(OC)cc1)=C2. The van der Waals surface area contributed by atoms with E-state index in [1.807, 2.05) is 30.3 Å². The van der Waals surface area contributed by atoms with Crippen molar-refractivity contribution < 1.29 is 23.7 Å². The summed E-state index contributed by atoms with van der Waals surface area (Å²) in [6.45, 7) is 4.42. The van der Waals surface area contributed by atoms with Crippen LogP contribution >= 0.6 is 0 Å². The Morgan fingerprint density at radius 1 is 1.21 bits per heavy atom. The van der Waals surface area contributed by atoms with Crippen LogP contribution in [-0.4, -0.2) is 33.1 Å². The second kappa shape index (κ2) is 9.76. The molecule has 0 saturated heterocycles. The number of ether oxygens (including phenoxy) is 4. The maximum atomic E-state index is 11.1. The molecule has 0 N–H and O–H groups in total. The molecule has 2 aromatic carbocycles. The number of carbonyl (C=O) groups excluding carboxylic acids is 1. The lowest BCUT2D eigenvalue weighted by Crippen LogP contribution is -2.09. The summed E-state index contributed by atoms with van der Waals surface area (Å²) < 4.78 is 21.7. The first-order valence-corrected chi connectivity index (χ1v) is 9.17. The number of rotatable bonds is 7. The summed E-state index contributed by atoms with van der Waals surface area (Å²) >= 11 is 0. The van der Waals surface area contributed by atoms with E-state index in [2.05, 4.69) is 24.8 Å². The first-order valence-electron chi connectivity index (χ1n) is 9.17. The number of aryl methyl sites for hydroxylation is 1. The van der Waals surface area contributed by atoms with Gasteiger partial charge in [-0.2, -0.15) is 0 Å². The fourth-order valence-electron chi connectivity index (χ4n) is 2.94. The molecular formula is C23H24O5. The van der Waals surface area contributed by atoms with Crippen molar-refractivity contribution in [3.63, 3.8) is 0 Å². The van der Waals surface area contributed by atoms with E-state index in [1.165, 1.54) is 6.08 Å². The highest BCUT2D eigenvalue weighted by Crippen LogP contribution is 2.29. The van der Waals surface area contributed by atoms with Crippen molar-refractivity contribution >= 4 is 17.6 Å². The molecular weight excluding hydrogens is 356 g/mol. The fourth-order valence-corrected chi connectivity index (χ4v) is 2.94. The van der Waals surface area contributed by atoms with E-state index < -0.39 is 5.97 Å². The minimum Gasteiger partial charge on any atom is -0.497 e. The highest BCUT2D eigenvalue weighted by atomic mass is 16.7. The lowest BCUT2D eigenvalue weighted by Gasteiger charge is -2.17. The topological polar surface area (TPSA) is 54.0 Å². The van der Waals surface area contributed by atoms with Crippen LogP contribution in [0.5, 0.6) is 11.5 Å². The minimum absolute atomic E-state index is 0.195. The van der Waals surface area contributed by atoms with E-state index in [1.54, 1.807) is 7.11 Å². The molecule has 1 aliphatic heterocycles. The van der Waals surface area contributed by atoms with Gasteiger partial charge < -0.3 is 18.9 Å². The third kappa shape index (κ3) is 5.24. The van der Waals surface area contributed by atoms with E-state index in [0.29, 0.717) is 13.2 Å². The average Bonchev–Trinajstić information content (AvgIpc) is 2.72. The molecule has 0 unspecified atom stereocenters. The molecule has 5 nitrogen and oxygen atoms in total. The van der Waals surface area contributed by atoms with E-state index in [9.17, 15) is 4.79 Å². The summed E-state index contributed by atoms with van der Waals surface area (Å²) in [5, 5.41) is 0.